The van der Waals surface area contributed by atoms with E-state index in [1.165, 1.54) is 19.8 Å². The molecule has 0 aliphatic rings. The predicted octanol–water partition coefficient (Wildman–Crippen LogP) is 6.04. The van der Waals surface area contributed by atoms with Gasteiger partial charge >= 0.3 is 0 Å². The average Bonchev–Trinajstić information content (AvgIpc) is 2.69. The zero-order chi connectivity index (χ0) is 14.0. The second-order valence-corrected chi connectivity index (χ2v) is 8.14. The molecule has 1 atom stereocenters. The minimum Gasteiger partial charge on any atom is -0.306 e. The molecule has 0 amide bonds. The average molecular weight is 468 g/mol. The molecule has 1 aromatic carbocycles. The van der Waals surface area contributed by atoms with Crippen LogP contribution in [0.4, 0.5) is 0 Å². The summed E-state index contributed by atoms with van der Waals surface area (Å²) in [6.07, 6.45) is 0. The number of halogens is 3. The van der Waals surface area contributed by atoms with Crippen molar-refractivity contribution in [2.24, 2.45) is 0 Å². The number of rotatable bonds is 4. The largest absolute Gasteiger partial charge is 0.306 e. The summed E-state index contributed by atoms with van der Waals surface area (Å²) in [6, 6.07) is 8.67. The highest BCUT2D eigenvalue weighted by Crippen LogP contribution is 2.38. The molecule has 0 fully saturated rings. The van der Waals surface area contributed by atoms with Crippen molar-refractivity contribution >= 4 is 59.1 Å². The first kappa shape index (κ1) is 15.7. The third-order valence-electron chi connectivity index (χ3n) is 2.78. The topological polar surface area (TPSA) is 12.0 Å². The van der Waals surface area contributed by atoms with Crippen molar-refractivity contribution in [3.05, 3.63) is 53.0 Å². The van der Waals surface area contributed by atoms with Gasteiger partial charge in [-0.1, -0.05) is 38.8 Å². The number of aryl methyl sites for hydroxylation is 1. The molecule has 0 saturated carbocycles. The summed E-state index contributed by atoms with van der Waals surface area (Å²) in [5.74, 6) is 0. The molecule has 19 heavy (non-hydrogen) atoms. The highest BCUT2D eigenvalue weighted by atomic mass is 79.9. The normalized spacial score (nSPS) is 12.7. The Morgan fingerprint density at radius 3 is 2.47 bits per heavy atom. The molecular weight excluding hydrogens is 454 g/mol. The monoisotopic (exact) mass is 465 g/mol. The van der Waals surface area contributed by atoms with Crippen LogP contribution in [0.25, 0.3) is 0 Å². The molecule has 0 radical (unpaired) electrons. The van der Waals surface area contributed by atoms with Gasteiger partial charge in [-0.25, -0.2) is 0 Å². The SMILES string of the molecule is CCNC(c1cc(Br)ccc1Br)c1sc(C)cc1Br. The maximum Gasteiger partial charge on any atom is 0.0693 e. The standard InChI is InChI=1S/C14H14Br3NS/c1-3-18-13(14-12(17)6-8(2)19-14)10-7-9(15)4-5-11(10)16/h4-7,13,18H,3H2,1-2H3. The van der Waals surface area contributed by atoms with Crippen LogP contribution in [0.2, 0.25) is 0 Å². The Morgan fingerprint density at radius 2 is 1.89 bits per heavy atom. The maximum atomic E-state index is 3.67. The molecule has 0 saturated heterocycles. The second kappa shape index (κ2) is 6.85. The Bertz CT molecular complexity index is 580. The third-order valence-corrected chi connectivity index (χ3v) is 6.03. The van der Waals surface area contributed by atoms with Crippen molar-refractivity contribution in [1.82, 2.24) is 5.32 Å². The second-order valence-electron chi connectivity index (χ2n) is 4.23. The maximum absolute atomic E-state index is 3.67. The van der Waals surface area contributed by atoms with E-state index in [0.29, 0.717) is 0 Å². The molecule has 1 heterocycles. The fourth-order valence-corrected chi connectivity index (χ4v) is 4.81. The first-order chi connectivity index (χ1) is 9.02. The summed E-state index contributed by atoms with van der Waals surface area (Å²) in [4.78, 5) is 2.63. The molecule has 0 spiro atoms. The van der Waals surface area contributed by atoms with Crippen LogP contribution in [-0.2, 0) is 0 Å². The van der Waals surface area contributed by atoms with Crippen LogP contribution in [0.15, 0.2) is 37.7 Å². The van der Waals surface area contributed by atoms with Crippen molar-refractivity contribution < 1.29 is 0 Å². The third kappa shape index (κ3) is 3.70. The quantitative estimate of drug-likeness (QED) is 0.577. The number of hydrogen-bond donors (Lipinski definition) is 1. The highest BCUT2D eigenvalue weighted by molar-refractivity contribution is 9.11. The lowest BCUT2D eigenvalue weighted by atomic mass is 10.1. The summed E-state index contributed by atoms with van der Waals surface area (Å²) >= 11 is 12.7. The van der Waals surface area contributed by atoms with E-state index in [0.717, 1.165) is 15.5 Å². The zero-order valence-electron chi connectivity index (χ0n) is 10.6. The summed E-state index contributed by atoms with van der Waals surface area (Å²) in [5.41, 5.74) is 1.25. The van der Waals surface area contributed by atoms with E-state index in [-0.39, 0.29) is 6.04 Å². The van der Waals surface area contributed by atoms with E-state index in [1.807, 2.05) is 17.4 Å². The van der Waals surface area contributed by atoms with Crippen LogP contribution in [-0.4, -0.2) is 6.54 Å². The van der Waals surface area contributed by atoms with Crippen molar-refractivity contribution in [3.63, 3.8) is 0 Å². The molecule has 1 N–H and O–H groups in total. The molecule has 0 bridgehead atoms. The van der Waals surface area contributed by atoms with E-state index < -0.39 is 0 Å². The van der Waals surface area contributed by atoms with E-state index in [2.05, 4.69) is 85.2 Å². The Balaban J connectivity index is 2.51. The number of benzene rings is 1. The molecule has 1 aromatic heterocycles. The Hall–Kier alpha value is 0.320. The van der Waals surface area contributed by atoms with Gasteiger partial charge < -0.3 is 5.32 Å². The first-order valence-corrected chi connectivity index (χ1v) is 9.16. The van der Waals surface area contributed by atoms with Crippen molar-refractivity contribution in [1.29, 1.82) is 0 Å². The molecule has 102 valence electrons. The summed E-state index contributed by atoms with van der Waals surface area (Å²) in [6.45, 7) is 5.19. The highest BCUT2D eigenvalue weighted by Gasteiger charge is 2.20. The van der Waals surface area contributed by atoms with Gasteiger partial charge in [0.2, 0.25) is 0 Å². The van der Waals surface area contributed by atoms with Gasteiger partial charge in [-0.3, -0.25) is 0 Å². The van der Waals surface area contributed by atoms with Crippen molar-refractivity contribution in [3.8, 4) is 0 Å². The molecule has 0 aliphatic carbocycles. The van der Waals surface area contributed by atoms with Gasteiger partial charge in [0.05, 0.1) is 6.04 Å². The summed E-state index contributed by atoms with van der Waals surface area (Å²) in [7, 11) is 0. The van der Waals surface area contributed by atoms with Crippen LogP contribution in [0.1, 0.15) is 28.3 Å². The molecular formula is C14H14Br3NS. The van der Waals surface area contributed by atoms with Gasteiger partial charge in [0.25, 0.3) is 0 Å². The van der Waals surface area contributed by atoms with Gasteiger partial charge in [0, 0.05) is 23.2 Å². The van der Waals surface area contributed by atoms with Gasteiger partial charge in [0.15, 0.2) is 0 Å². The van der Waals surface area contributed by atoms with Crippen LogP contribution in [0, 0.1) is 6.92 Å². The molecule has 5 heteroatoms. The Kier molecular flexibility index (Phi) is 5.66. The minimum absolute atomic E-state index is 0.199. The van der Waals surface area contributed by atoms with Crippen molar-refractivity contribution in [2.45, 2.75) is 19.9 Å². The fraction of sp³-hybridized carbons (Fsp3) is 0.286. The predicted molar refractivity (Wildman–Crippen MR) is 94.1 cm³/mol. The van der Waals surface area contributed by atoms with Crippen molar-refractivity contribution in [2.75, 3.05) is 6.54 Å². The van der Waals surface area contributed by atoms with Crippen LogP contribution >= 0.6 is 59.1 Å². The van der Waals surface area contributed by atoms with Gasteiger partial charge in [0.1, 0.15) is 0 Å². The zero-order valence-corrected chi connectivity index (χ0v) is 16.2. The molecule has 0 aliphatic heterocycles. The van der Waals surface area contributed by atoms with Gasteiger partial charge in [-0.05, 0) is 59.2 Å². The van der Waals surface area contributed by atoms with Crippen LogP contribution < -0.4 is 5.32 Å². The van der Waals surface area contributed by atoms with Crippen LogP contribution in [0.3, 0.4) is 0 Å². The molecule has 1 unspecified atom stereocenters. The summed E-state index contributed by atoms with van der Waals surface area (Å²) in [5, 5.41) is 3.57. The van der Waals surface area contributed by atoms with Crippen LogP contribution in [0.5, 0.6) is 0 Å². The number of hydrogen-bond acceptors (Lipinski definition) is 2. The fourth-order valence-electron chi connectivity index (χ4n) is 1.98. The van der Waals surface area contributed by atoms with E-state index >= 15 is 0 Å². The Labute approximate surface area is 143 Å². The minimum atomic E-state index is 0.199. The first-order valence-electron chi connectivity index (χ1n) is 5.97. The van der Waals surface area contributed by atoms with Gasteiger partial charge in [-0.15, -0.1) is 11.3 Å². The summed E-state index contributed by atoms with van der Waals surface area (Å²) < 4.78 is 3.39. The Morgan fingerprint density at radius 1 is 1.16 bits per heavy atom. The number of thiophene rings is 1. The van der Waals surface area contributed by atoms with E-state index in [1.54, 1.807) is 0 Å². The number of nitrogens with one attached hydrogen (secondary N) is 1. The van der Waals surface area contributed by atoms with E-state index in [9.17, 15) is 0 Å². The lowest BCUT2D eigenvalue weighted by Crippen LogP contribution is -2.21. The van der Waals surface area contributed by atoms with E-state index in [4.69, 9.17) is 0 Å². The smallest absolute Gasteiger partial charge is 0.0693 e. The molecule has 1 nitrogen and oxygen atoms in total. The molecule has 2 aromatic rings. The van der Waals surface area contributed by atoms with Gasteiger partial charge in [-0.2, -0.15) is 0 Å². The lowest BCUT2D eigenvalue weighted by molar-refractivity contribution is 0.635. The lowest BCUT2D eigenvalue weighted by Gasteiger charge is -2.19. The molecule has 2 rings (SSSR count).